The SMILES string of the molecule is CNCC1Sc2cc(C)ccc2NC1C. The Bertz CT molecular complexity index is 351. The zero-order valence-electron chi connectivity index (χ0n) is 9.50. The Morgan fingerprint density at radius 2 is 2.27 bits per heavy atom. The first kappa shape index (κ1) is 10.8. The van der Waals surface area contributed by atoms with E-state index in [1.165, 1.54) is 16.1 Å². The molecule has 0 saturated carbocycles. The van der Waals surface area contributed by atoms with E-state index in [1.807, 2.05) is 18.8 Å². The van der Waals surface area contributed by atoms with Gasteiger partial charge in [-0.05, 0) is 38.6 Å². The van der Waals surface area contributed by atoms with Gasteiger partial charge >= 0.3 is 0 Å². The van der Waals surface area contributed by atoms with Crippen LogP contribution in [0.3, 0.4) is 0 Å². The number of benzene rings is 1. The lowest BCUT2D eigenvalue weighted by Crippen LogP contribution is -2.38. The average molecular weight is 222 g/mol. The molecule has 1 aromatic carbocycles. The summed E-state index contributed by atoms with van der Waals surface area (Å²) in [5.74, 6) is 0. The Morgan fingerprint density at radius 3 is 3.00 bits per heavy atom. The Balaban J connectivity index is 2.22. The Hall–Kier alpha value is -0.670. The van der Waals surface area contributed by atoms with E-state index in [0.717, 1.165) is 6.54 Å². The molecular weight excluding hydrogens is 204 g/mol. The van der Waals surface area contributed by atoms with Gasteiger partial charge in [-0.15, -0.1) is 11.8 Å². The van der Waals surface area contributed by atoms with E-state index in [-0.39, 0.29) is 0 Å². The predicted molar refractivity (Wildman–Crippen MR) is 67.8 cm³/mol. The maximum absolute atomic E-state index is 3.56. The molecule has 0 aromatic heterocycles. The summed E-state index contributed by atoms with van der Waals surface area (Å²) >= 11 is 1.98. The monoisotopic (exact) mass is 222 g/mol. The fraction of sp³-hybridized carbons (Fsp3) is 0.500. The maximum atomic E-state index is 3.56. The van der Waals surface area contributed by atoms with Gasteiger partial charge in [-0.25, -0.2) is 0 Å². The van der Waals surface area contributed by atoms with E-state index in [2.05, 4.69) is 42.7 Å². The third kappa shape index (κ3) is 2.29. The standard InChI is InChI=1S/C12H18N2S/c1-8-4-5-10-11(6-8)15-12(7-13-3)9(2)14-10/h4-6,9,12-14H,7H2,1-3H3. The molecule has 0 saturated heterocycles. The number of rotatable bonds is 2. The summed E-state index contributed by atoms with van der Waals surface area (Å²) in [6.45, 7) is 5.44. The third-order valence-electron chi connectivity index (χ3n) is 2.76. The van der Waals surface area contributed by atoms with Crippen LogP contribution >= 0.6 is 11.8 Å². The highest BCUT2D eigenvalue weighted by molar-refractivity contribution is 8.00. The van der Waals surface area contributed by atoms with Crippen LogP contribution < -0.4 is 10.6 Å². The van der Waals surface area contributed by atoms with Crippen molar-refractivity contribution < 1.29 is 0 Å². The van der Waals surface area contributed by atoms with Gasteiger partial charge < -0.3 is 10.6 Å². The van der Waals surface area contributed by atoms with Gasteiger partial charge in [0.1, 0.15) is 0 Å². The van der Waals surface area contributed by atoms with Crippen molar-refractivity contribution in [2.45, 2.75) is 30.0 Å². The topological polar surface area (TPSA) is 24.1 Å². The van der Waals surface area contributed by atoms with Crippen LogP contribution in [0.25, 0.3) is 0 Å². The van der Waals surface area contributed by atoms with E-state index in [4.69, 9.17) is 0 Å². The van der Waals surface area contributed by atoms with Crippen LogP contribution in [0.5, 0.6) is 0 Å². The Labute approximate surface area is 95.8 Å². The van der Waals surface area contributed by atoms with Crippen molar-refractivity contribution in [1.29, 1.82) is 0 Å². The lowest BCUT2D eigenvalue weighted by molar-refractivity contribution is 0.665. The van der Waals surface area contributed by atoms with Gasteiger partial charge in [-0.3, -0.25) is 0 Å². The molecule has 1 aromatic rings. The van der Waals surface area contributed by atoms with Crippen molar-refractivity contribution >= 4 is 17.4 Å². The maximum Gasteiger partial charge on any atom is 0.0481 e. The fourth-order valence-corrected chi connectivity index (χ4v) is 3.23. The molecule has 2 nitrogen and oxygen atoms in total. The van der Waals surface area contributed by atoms with Gasteiger partial charge in [0.2, 0.25) is 0 Å². The lowest BCUT2D eigenvalue weighted by Gasteiger charge is -2.32. The first-order valence-electron chi connectivity index (χ1n) is 5.39. The Kier molecular flexibility index (Phi) is 3.22. The molecule has 1 heterocycles. The minimum absolute atomic E-state index is 0.526. The number of thioether (sulfide) groups is 1. The van der Waals surface area contributed by atoms with Gasteiger partial charge in [-0.1, -0.05) is 6.07 Å². The molecule has 2 rings (SSSR count). The smallest absolute Gasteiger partial charge is 0.0481 e. The first-order valence-corrected chi connectivity index (χ1v) is 6.27. The van der Waals surface area contributed by atoms with Crippen molar-refractivity contribution in [2.75, 3.05) is 18.9 Å². The van der Waals surface area contributed by atoms with Crippen LogP contribution in [0.2, 0.25) is 0 Å². The fourth-order valence-electron chi connectivity index (χ4n) is 1.87. The molecule has 2 N–H and O–H groups in total. The average Bonchev–Trinajstić information content (AvgIpc) is 2.20. The second-order valence-corrected chi connectivity index (χ2v) is 5.43. The number of fused-ring (bicyclic) bond motifs is 1. The van der Waals surface area contributed by atoms with E-state index < -0.39 is 0 Å². The summed E-state index contributed by atoms with van der Waals surface area (Å²) in [6, 6.07) is 7.14. The quantitative estimate of drug-likeness (QED) is 0.804. The van der Waals surface area contributed by atoms with E-state index in [0.29, 0.717) is 11.3 Å². The molecule has 3 heteroatoms. The molecule has 1 aliphatic rings. The summed E-state index contributed by atoms with van der Waals surface area (Å²) in [6.07, 6.45) is 0. The molecule has 1 aliphatic heterocycles. The molecule has 2 unspecified atom stereocenters. The molecule has 0 spiro atoms. The number of hydrogen-bond donors (Lipinski definition) is 2. The largest absolute Gasteiger partial charge is 0.381 e. The second-order valence-electron chi connectivity index (χ2n) is 4.15. The summed E-state index contributed by atoms with van der Waals surface area (Å²) < 4.78 is 0. The highest BCUT2D eigenvalue weighted by Crippen LogP contribution is 2.37. The minimum Gasteiger partial charge on any atom is -0.381 e. The zero-order valence-corrected chi connectivity index (χ0v) is 10.3. The molecule has 0 aliphatic carbocycles. The molecule has 0 fully saturated rings. The minimum atomic E-state index is 0.526. The van der Waals surface area contributed by atoms with Gasteiger partial charge in [0.25, 0.3) is 0 Å². The number of nitrogens with one attached hydrogen (secondary N) is 2. The highest BCUT2D eigenvalue weighted by atomic mass is 32.2. The van der Waals surface area contributed by atoms with Crippen LogP contribution in [0.15, 0.2) is 23.1 Å². The van der Waals surface area contributed by atoms with E-state index in [1.54, 1.807) is 0 Å². The van der Waals surface area contributed by atoms with Crippen LogP contribution in [-0.2, 0) is 0 Å². The third-order valence-corrected chi connectivity index (χ3v) is 4.23. The van der Waals surface area contributed by atoms with E-state index in [9.17, 15) is 0 Å². The molecular formula is C12H18N2S. The number of aryl methyl sites for hydroxylation is 1. The van der Waals surface area contributed by atoms with Gasteiger partial charge in [-0.2, -0.15) is 0 Å². The molecule has 15 heavy (non-hydrogen) atoms. The normalized spacial score (nSPS) is 24.5. The van der Waals surface area contributed by atoms with Gasteiger partial charge in [0.15, 0.2) is 0 Å². The van der Waals surface area contributed by atoms with Crippen molar-refractivity contribution in [3.05, 3.63) is 23.8 Å². The zero-order chi connectivity index (χ0) is 10.8. The van der Waals surface area contributed by atoms with Crippen molar-refractivity contribution in [1.82, 2.24) is 5.32 Å². The summed E-state index contributed by atoms with van der Waals surface area (Å²) in [5, 5.41) is 7.43. The highest BCUT2D eigenvalue weighted by Gasteiger charge is 2.24. The first-order chi connectivity index (χ1) is 7.20. The number of hydrogen-bond acceptors (Lipinski definition) is 3. The molecule has 0 bridgehead atoms. The van der Waals surface area contributed by atoms with Crippen molar-refractivity contribution in [2.24, 2.45) is 0 Å². The van der Waals surface area contributed by atoms with Crippen molar-refractivity contribution in [3.8, 4) is 0 Å². The van der Waals surface area contributed by atoms with Crippen LogP contribution in [0, 0.1) is 6.92 Å². The predicted octanol–water partition coefficient (Wildman–Crippen LogP) is 2.49. The second kappa shape index (κ2) is 4.45. The van der Waals surface area contributed by atoms with Crippen molar-refractivity contribution in [3.63, 3.8) is 0 Å². The van der Waals surface area contributed by atoms with Crippen LogP contribution in [0.4, 0.5) is 5.69 Å². The molecule has 0 amide bonds. The summed E-state index contributed by atoms with van der Waals surface area (Å²) in [7, 11) is 2.01. The van der Waals surface area contributed by atoms with E-state index >= 15 is 0 Å². The lowest BCUT2D eigenvalue weighted by atomic mass is 10.1. The molecule has 0 radical (unpaired) electrons. The summed E-state index contributed by atoms with van der Waals surface area (Å²) in [4.78, 5) is 1.38. The Morgan fingerprint density at radius 1 is 1.47 bits per heavy atom. The van der Waals surface area contributed by atoms with Crippen LogP contribution in [-0.4, -0.2) is 24.9 Å². The summed E-state index contributed by atoms with van der Waals surface area (Å²) in [5.41, 5.74) is 2.62. The molecule has 2 atom stereocenters. The van der Waals surface area contributed by atoms with Crippen LogP contribution in [0.1, 0.15) is 12.5 Å². The van der Waals surface area contributed by atoms with Gasteiger partial charge in [0.05, 0.1) is 0 Å². The molecule has 82 valence electrons. The van der Waals surface area contributed by atoms with Gasteiger partial charge in [0, 0.05) is 28.4 Å². The number of anilines is 1.